The molecule has 0 fully saturated rings. The Balaban J connectivity index is 3.56. The zero-order chi connectivity index (χ0) is 8.41. The highest BCUT2D eigenvalue weighted by Gasteiger charge is 2.30. The van der Waals surface area contributed by atoms with Crippen molar-refractivity contribution in [2.45, 2.75) is 12.6 Å². The Bertz CT molecular complexity index is 92.5. The summed E-state index contributed by atoms with van der Waals surface area (Å²) in [5.41, 5.74) is 0. The van der Waals surface area contributed by atoms with Crippen molar-refractivity contribution >= 4 is 39.7 Å². The highest BCUT2D eigenvalue weighted by molar-refractivity contribution is 8.79. The lowest BCUT2D eigenvalue weighted by Gasteiger charge is -2.15. The van der Waals surface area contributed by atoms with Gasteiger partial charge in [-0.2, -0.15) is 13.2 Å². The minimum atomic E-state index is -4.23. The molecule has 0 aromatic carbocycles. The van der Waals surface area contributed by atoms with Crippen LogP contribution < -0.4 is 0 Å². The van der Waals surface area contributed by atoms with Crippen molar-refractivity contribution < 1.29 is 13.2 Å². The SMILES string of the molecule is FC(F)(F)CCS(Cl)(Cl)Cl. The minimum absolute atomic E-state index is 0.416. The first-order chi connectivity index (χ1) is 4.21. The van der Waals surface area contributed by atoms with Crippen LogP contribution in [0.1, 0.15) is 6.42 Å². The quantitative estimate of drug-likeness (QED) is 0.673. The molecule has 0 rings (SSSR count). The van der Waals surface area contributed by atoms with Crippen molar-refractivity contribution in [1.29, 1.82) is 0 Å². The van der Waals surface area contributed by atoms with Gasteiger partial charge in [-0.1, -0.05) is 0 Å². The molecule has 0 aliphatic rings. The average molecular weight is 235 g/mol. The maximum Gasteiger partial charge on any atom is 0.389 e. The van der Waals surface area contributed by atoms with Gasteiger partial charge in [0.2, 0.25) is 0 Å². The van der Waals surface area contributed by atoms with E-state index in [1.807, 2.05) is 0 Å². The van der Waals surface area contributed by atoms with Crippen LogP contribution in [0.15, 0.2) is 0 Å². The van der Waals surface area contributed by atoms with E-state index in [0.717, 1.165) is 0 Å². The molecule has 0 aliphatic carbocycles. The first-order valence-electron chi connectivity index (χ1n) is 2.17. The third-order valence-corrected chi connectivity index (χ3v) is 2.67. The minimum Gasteiger partial charge on any atom is -0.171 e. The van der Waals surface area contributed by atoms with Gasteiger partial charge in [-0.15, -0.1) is 0 Å². The van der Waals surface area contributed by atoms with Gasteiger partial charge in [-0.05, 0) is 39.7 Å². The highest BCUT2D eigenvalue weighted by Crippen LogP contribution is 2.63. The second-order valence-electron chi connectivity index (χ2n) is 1.57. The van der Waals surface area contributed by atoms with E-state index in [2.05, 4.69) is 0 Å². The number of halogens is 6. The van der Waals surface area contributed by atoms with Crippen LogP contribution in [-0.2, 0) is 0 Å². The van der Waals surface area contributed by atoms with Crippen LogP contribution in [0, 0.1) is 0 Å². The van der Waals surface area contributed by atoms with Crippen molar-refractivity contribution in [1.82, 2.24) is 0 Å². The molecule has 0 saturated heterocycles. The van der Waals surface area contributed by atoms with Crippen LogP contribution in [0.25, 0.3) is 0 Å². The summed E-state index contributed by atoms with van der Waals surface area (Å²) in [4.78, 5) is 0. The molecule has 0 saturated carbocycles. The molecule has 0 heterocycles. The van der Waals surface area contributed by atoms with Crippen LogP contribution in [0.4, 0.5) is 13.2 Å². The van der Waals surface area contributed by atoms with Gasteiger partial charge in [0.25, 0.3) is 0 Å². The molecule has 0 unspecified atom stereocenters. The van der Waals surface area contributed by atoms with Gasteiger partial charge in [0.1, 0.15) is 0 Å². The lowest BCUT2D eigenvalue weighted by Crippen LogP contribution is -2.09. The number of rotatable bonds is 2. The standard InChI is InChI=1S/C3H4Cl3F3S/c4-10(5,6)2-1-3(7,8)9/h1-2H2. The van der Waals surface area contributed by atoms with E-state index >= 15 is 0 Å². The molecule has 0 nitrogen and oxygen atoms in total. The summed E-state index contributed by atoms with van der Waals surface area (Å²) in [6.45, 7) is 0. The average Bonchev–Trinajstić information content (AvgIpc) is 1.57. The molecule has 0 aromatic heterocycles. The molecule has 0 aromatic rings. The summed E-state index contributed by atoms with van der Waals surface area (Å²) in [6.07, 6.45) is -5.25. The third kappa shape index (κ3) is 9.01. The Hall–Kier alpha value is 1.01. The molecule has 0 atom stereocenters. The lowest BCUT2D eigenvalue weighted by atomic mass is 10.5. The van der Waals surface area contributed by atoms with Crippen molar-refractivity contribution in [3.63, 3.8) is 0 Å². The zero-order valence-electron chi connectivity index (χ0n) is 4.59. The van der Waals surface area contributed by atoms with Crippen LogP contribution in [0.2, 0.25) is 0 Å². The number of alkyl halides is 3. The highest BCUT2D eigenvalue weighted by atomic mass is 36.2. The van der Waals surface area contributed by atoms with E-state index in [1.165, 1.54) is 0 Å². The van der Waals surface area contributed by atoms with Crippen LogP contribution in [0.5, 0.6) is 0 Å². The van der Waals surface area contributed by atoms with Gasteiger partial charge in [-0.3, -0.25) is 0 Å². The van der Waals surface area contributed by atoms with E-state index in [-0.39, 0.29) is 0 Å². The summed E-state index contributed by atoms with van der Waals surface area (Å²) < 4.78 is 34.3. The second-order valence-corrected chi connectivity index (χ2v) is 9.15. The van der Waals surface area contributed by atoms with Crippen molar-refractivity contribution in [3.05, 3.63) is 0 Å². The predicted molar refractivity (Wildman–Crippen MR) is 40.7 cm³/mol. The smallest absolute Gasteiger partial charge is 0.171 e. The van der Waals surface area contributed by atoms with Gasteiger partial charge in [0.15, 0.2) is 0 Å². The molecule has 0 N–H and O–H groups in total. The fraction of sp³-hybridized carbons (Fsp3) is 1.00. The molecule has 0 radical (unpaired) electrons. The van der Waals surface area contributed by atoms with Crippen LogP contribution >= 0.6 is 39.7 Å². The summed E-state index contributed by atoms with van der Waals surface area (Å²) in [6, 6.07) is 0. The van der Waals surface area contributed by atoms with Crippen LogP contribution in [0.3, 0.4) is 0 Å². The van der Waals surface area contributed by atoms with E-state index in [4.69, 9.17) is 32.0 Å². The molecule has 0 aliphatic heterocycles. The third-order valence-electron chi connectivity index (χ3n) is 0.617. The molecular formula is C3H4Cl3F3S. The van der Waals surface area contributed by atoms with E-state index in [1.54, 1.807) is 0 Å². The first kappa shape index (κ1) is 11.0. The number of hydrogen-bond acceptors (Lipinski definition) is 0. The summed E-state index contributed by atoms with van der Waals surface area (Å²) >= 11 is 0. The Morgan fingerprint density at radius 2 is 1.50 bits per heavy atom. The molecule has 10 heavy (non-hydrogen) atoms. The molecule has 0 spiro atoms. The van der Waals surface area contributed by atoms with Gasteiger partial charge in [0.05, 0.1) is 6.42 Å². The molecule has 7 heteroatoms. The largest absolute Gasteiger partial charge is 0.389 e. The van der Waals surface area contributed by atoms with E-state index in [9.17, 15) is 13.2 Å². The van der Waals surface area contributed by atoms with Gasteiger partial charge < -0.3 is 0 Å². The van der Waals surface area contributed by atoms with Gasteiger partial charge in [0, 0.05) is 5.75 Å². The Kier molecular flexibility index (Phi) is 3.97. The normalized spacial score (nSPS) is 15.4. The second kappa shape index (κ2) is 3.61. The fourth-order valence-electron chi connectivity index (χ4n) is 0.231. The maximum absolute atomic E-state index is 11.4. The van der Waals surface area contributed by atoms with E-state index in [0.29, 0.717) is 0 Å². The fourth-order valence-corrected chi connectivity index (χ4v) is 1.39. The molecule has 64 valence electrons. The van der Waals surface area contributed by atoms with Gasteiger partial charge >= 0.3 is 6.18 Å². The Labute approximate surface area is 71.4 Å². The van der Waals surface area contributed by atoms with Gasteiger partial charge in [-0.25, -0.2) is 0 Å². The summed E-state index contributed by atoms with van der Waals surface area (Å²) in [7, 11) is 12.9. The topological polar surface area (TPSA) is 0 Å². The first-order valence-corrected chi connectivity index (χ1v) is 6.45. The maximum atomic E-state index is 11.4. The molecule has 0 bridgehead atoms. The monoisotopic (exact) mass is 234 g/mol. The molecule has 0 amide bonds. The van der Waals surface area contributed by atoms with Crippen molar-refractivity contribution in [3.8, 4) is 0 Å². The van der Waals surface area contributed by atoms with Crippen LogP contribution in [-0.4, -0.2) is 11.9 Å². The van der Waals surface area contributed by atoms with Crippen molar-refractivity contribution in [2.75, 3.05) is 5.75 Å². The number of hydrogen-bond donors (Lipinski definition) is 0. The Morgan fingerprint density at radius 1 is 1.10 bits per heavy atom. The van der Waals surface area contributed by atoms with Crippen molar-refractivity contribution in [2.24, 2.45) is 0 Å². The van der Waals surface area contributed by atoms with E-state index < -0.39 is 26.0 Å². The molecular weight excluding hydrogens is 231 g/mol. The Morgan fingerprint density at radius 3 is 1.60 bits per heavy atom. The predicted octanol–water partition coefficient (Wildman–Crippen LogP) is 4.20. The lowest BCUT2D eigenvalue weighted by molar-refractivity contribution is -0.129. The summed E-state index contributed by atoms with van der Waals surface area (Å²) in [5, 5.41) is 0. The summed E-state index contributed by atoms with van der Waals surface area (Å²) in [5.74, 6) is -0.416. The zero-order valence-corrected chi connectivity index (χ0v) is 7.67.